The highest BCUT2D eigenvalue weighted by molar-refractivity contribution is 7.19. The van der Waals surface area contributed by atoms with Gasteiger partial charge in [-0.2, -0.15) is 0 Å². The van der Waals surface area contributed by atoms with Crippen LogP contribution in [0.4, 0.5) is 0 Å². The van der Waals surface area contributed by atoms with E-state index >= 15 is 0 Å². The van der Waals surface area contributed by atoms with Crippen LogP contribution in [-0.4, -0.2) is 40.6 Å². The van der Waals surface area contributed by atoms with Gasteiger partial charge in [0.1, 0.15) is 0 Å². The molecule has 0 aromatic carbocycles. The van der Waals surface area contributed by atoms with Crippen molar-refractivity contribution in [1.82, 2.24) is 10.1 Å². The smallest absolute Gasteiger partial charge is 0.305 e. The van der Waals surface area contributed by atoms with E-state index in [0.29, 0.717) is 10.1 Å². The zero-order valence-electron chi connectivity index (χ0n) is 10.5. The lowest BCUT2D eigenvalue weighted by Crippen LogP contribution is -2.29. The molecule has 0 radical (unpaired) electrons. The molecule has 0 spiro atoms. The van der Waals surface area contributed by atoms with Crippen molar-refractivity contribution in [2.75, 3.05) is 13.6 Å². The van der Waals surface area contributed by atoms with Crippen LogP contribution in [0.5, 0.6) is 0 Å². The molecule has 0 aliphatic rings. The lowest BCUT2D eigenvalue weighted by atomic mass is 10.3. The second-order valence-corrected chi connectivity index (χ2v) is 5.77. The quantitative estimate of drug-likeness (QED) is 0.917. The van der Waals surface area contributed by atoms with Gasteiger partial charge >= 0.3 is 5.97 Å². The first-order valence-electron chi connectivity index (χ1n) is 5.67. The third-order valence-electron chi connectivity index (χ3n) is 2.55. The average Bonchev–Trinajstić information content (AvgIpc) is 3.03. The third-order valence-corrected chi connectivity index (χ3v) is 3.80. The topological polar surface area (TPSA) is 83.6 Å². The van der Waals surface area contributed by atoms with Gasteiger partial charge in [0.2, 0.25) is 0 Å². The zero-order valence-corrected chi connectivity index (χ0v) is 12.1. The number of aromatic nitrogens is 1. The van der Waals surface area contributed by atoms with Crippen LogP contribution in [0, 0.1) is 0 Å². The van der Waals surface area contributed by atoms with Gasteiger partial charge in [-0.15, -0.1) is 11.3 Å². The molecule has 0 saturated carbocycles. The first-order chi connectivity index (χ1) is 9.47. The Morgan fingerprint density at radius 2 is 2.25 bits per heavy atom. The lowest BCUT2D eigenvalue weighted by Gasteiger charge is -2.13. The van der Waals surface area contributed by atoms with Gasteiger partial charge in [0, 0.05) is 19.7 Å². The molecule has 0 bridgehead atoms. The molecule has 6 nitrogen and oxygen atoms in total. The van der Waals surface area contributed by atoms with Crippen LogP contribution in [0.2, 0.25) is 4.34 Å². The summed E-state index contributed by atoms with van der Waals surface area (Å²) in [5.74, 6) is -0.889. The molecule has 2 aromatic rings. The van der Waals surface area contributed by atoms with Gasteiger partial charge in [0.05, 0.1) is 15.6 Å². The number of hydrogen-bond donors (Lipinski definition) is 1. The largest absolute Gasteiger partial charge is 0.481 e. The number of rotatable bonds is 5. The molecule has 0 aliphatic heterocycles. The second-order valence-electron chi connectivity index (χ2n) is 4.05. The van der Waals surface area contributed by atoms with Gasteiger partial charge < -0.3 is 14.5 Å². The van der Waals surface area contributed by atoms with E-state index < -0.39 is 5.97 Å². The Bertz CT molecular complexity index is 637. The highest BCUT2D eigenvalue weighted by atomic mass is 35.5. The van der Waals surface area contributed by atoms with Crippen LogP contribution in [0.1, 0.15) is 16.9 Å². The number of carboxylic acids is 1. The molecular weight excluding hydrogens is 304 g/mol. The summed E-state index contributed by atoms with van der Waals surface area (Å²) in [4.78, 5) is 24.5. The molecule has 0 aliphatic carbocycles. The summed E-state index contributed by atoms with van der Waals surface area (Å²) < 4.78 is 5.71. The van der Waals surface area contributed by atoms with E-state index in [4.69, 9.17) is 21.2 Å². The molecule has 20 heavy (non-hydrogen) atoms. The summed E-state index contributed by atoms with van der Waals surface area (Å²) in [6.07, 6.45) is -0.118. The van der Waals surface area contributed by atoms with Crippen molar-refractivity contribution in [3.8, 4) is 10.6 Å². The summed E-state index contributed by atoms with van der Waals surface area (Å²) in [7, 11) is 1.52. The fourth-order valence-corrected chi connectivity index (χ4v) is 2.49. The van der Waals surface area contributed by atoms with E-state index in [1.54, 1.807) is 12.1 Å². The number of carbonyl (C=O) groups excluding carboxylic acids is 1. The first-order valence-corrected chi connectivity index (χ1v) is 6.86. The summed E-state index contributed by atoms with van der Waals surface area (Å²) in [6.45, 7) is 0.112. The van der Waals surface area contributed by atoms with Crippen molar-refractivity contribution in [3.63, 3.8) is 0 Å². The predicted molar refractivity (Wildman–Crippen MR) is 74.0 cm³/mol. The monoisotopic (exact) mass is 314 g/mol. The summed E-state index contributed by atoms with van der Waals surface area (Å²) in [5.41, 5.74) is 0.136. The summed E-state index contributed by atoms with van der Waals surface area (Å²) in [5, 5.41) is 12.3. The average molecular weight is 315 g/mol. The Balaban J connectivity index is 2.08. The fraction of sp³-hybridized carbons (Fsp3) is 0.250. The van der Waals surface area contributed by atoms with Crippen LogP contribution >= 0.6 is 22.9 Å². The highest BCUT2D eigenvalue weighted by Gasteiger charge is 2.18. The molecule has 0 atom stereocenters. The molecule has 1 N–H and O–H groups in total. The van der Waals surface area contributed by atoms with Gasteiger partial charge in [0.15, 0.2) is 11.5 Å². The van der Waals surface area contributed by atoms with Crippen LogP contribution in [0.25, 0.3) is 10.6 Å². The maximum Gasteiger partial charge on any atom is 0.305 e. The second kappa shape index (κ2) is 6.06. The number of aliphatic carboxylic acids is 1. The maximum absolute atomic E-state index is 12.0. The number of hydrogen-bond acceptors (Lipinski definition) is 5. The molecule has 0 unspecified atom stereocenters. The number of halogens is 1. The van der Waals surface area contributed by atoms with Crippen molar-refractivity contribution < 1.29 is 19.2 Å². The SMILES string of the molecule is CN(CCC(=O)O)C(=O)c1cc(-c2ccc(Cl)s2)on1. The van der Waals surface area contributed by atoms with Crippen LogP contribution in [0.3, 0.4) is 0 Å². The van der Waals surface area contributed by atoms with Crippen molar-refractivity contribution >= 4 is 34.8 Å². The summed E-state index contributed by atoms with van der Waals surface area (Å²) >= 11 is 7.14. The van der Waals surface area contributed by atoms with Gasteiger partial charge in [-0.1, -0.05) is 16.8 Å². The molecule has 106 valence electrons. The Hall–Kier alpha value is -1.86. The highest BCUT2D eigenvalue weighted by Crippen LogP contribution is 2.31. The van der Waals surface area contributed by atoms with E-state index in [2.05, 4.69) is 5.16 Å². The maximum atomic E-state index is 12.0. The standard InChI is InChI=1S/C12H11ClN2O4S/c1-15(5-4-11(16)17)12(18)7-6-8(19-14-7)9-2-3-10(13)20-9/h2-3,6H,4-5H2,1H3,(H,16,17). The normalized spacial score (nSPS) is 10.5. The summed E-state index contributed by atoms with van der Waals surface area (Å²) in [6, 6.07) is 5.02. The molecule has 0 fully saturated rings. The fourth-order valence-electron chi connectivity index (χ4n) is 1.50. The molecule has 2 heterocycles. The first kappa shape index (κ1) is 14.5. The minimum Gasteiger partial charge on any atom is -0.481 e. The van der Waals surface area contributed by atoms with Crippen molar-refractivity contribution in [1.29, 1.82) is 0 Å². The Morgan fingerprint density at radius 3 is 2.85 bits per heavy atom. The van der Waals surface area contributed by atoms with E-state index in [9.17, 15) is 9.59 Å². The van der Waals surface area contributed by atoms with Crippen molar-refractivity contribution in [2.24, 2.45) is 0 Å². The number of carbonyl (C=O) groups is 2. The molecule has 1 amide bonds. The van der Waals surface area contributed by atoms with Crippen molar-refractivity contribution in [3.05, 3.63) is 28.2 Å². The number of carboxylic acid groups (broad SMARTS) is 1. The lowest BCUT2D eigenvalue weighted by molar-refractivity contribution is -0.137. The van der Waals surface area contributed by atoms with Crippen LogP contribution in [-0.2, 0) is 4.79 Å². The Kier molecular flexibility index (Phi) is 4.41. The van der Waals surface area contributed by atoms with Crippen molar-refractivity contribution in [2.45, 2.75) is 6.42 Å². The van der Waals surface area contributed by atoms with Gasteiger partial charge in [-0.3, -0.25) is 9.59 Å². The molecule has 2 aromatic heterocycles. The number of nitrogens with zero attached hydrogens (tertiary/aromatic N) is 2. The Labute approximate surface area is 123 Å². The molecule has 2 rings (SSSR count). The van der Waals surface area contributed by atoms with Gasteiger partial charge in [0.25, 0.3) is 5.91 Å². The van der Waals surface area contributed by atoms with E-state index in [0.717, 1.165) is 4.88 Å². The molecule has 8 heteroatoms. The predicted octanol–water partition coefficient (Wildman–Crippen LogP) is 2.60. The number of thiophene rings is 1. The molecular formula is C12H11ClN2O4S. The van der Waals surface area contributed by atoms with Crippen LogP contribution in [0.15, 0.2) is 22.7 Å². The molecule has 0 saturated heterocycles. The number of amides is 1. The minimum absolute atomic E-state index is 0.112. The van der Waals surface area contributed by atoms with E-state index in [-0.39, 0.29) is 24.6 Å². The Morgan fingerprint density at radius 1 is 1.50 bits per heavy atom. The van der Waals surface area contributed by atoms with Gasteiger partial charge in [-0.25, -0.2) is 0 Å². The minimum atomic E-state index is -0.960. The van der Waals surface area contributed by atoms with E-state index in [1.165, 1.54) is 29.4 Å². The zero-order chi connectivity index (χ0) is 14.7. The third kappa shape index (κ3) is 3.37. The van der Waals surface area contributed by atoms with Crippen LogP contribution < -0.4 is 0 Å². The van der Waals surface area contributed by atoms with Gasteiger partial charge in [-0.05, 0) is 12.1 Å². The van der Waals surface area contributed by atoms with E-state index in [1.807, 2.05) is 0 Å².